The molecule has 0 spiro atoms. The fourth-order valence-corrected chi connectivity index (χ4v) is 6.86. The second-order valence-corrected chi connectivity index (χ2v) is 12.2. The molecule has 4 aliphatic rings. The maximum Gasteiger partial charge on any atom is 0.251 e. The predicted molar refractivity (Wildman–Crippen MR) is 169 cm³/mol. The van der Waals surface area contributed by atoms with Crippen molar-refractivity contribution in [3.8, 4) is 0 Å². The topological polar surface area (TPSA) is 74.1 Å². The molecule has 2 saturated carbocycles. The summed E-state index contributed by atoms with van der Waals surface area (Å²) in [5.41, 5.74) is 6.52. The molecular formula is C35H46N4O2. The van der Waals surface area contributed by atoms with Gasteiger partial charge in [0.15, 0.2) is 0 Å². The summed E-state index contributed by atoms with van der Waals surface area (Å²) in [4.78, 5) is 35.9. The van der Waals surface area contributed by atoms with Crippen LogP contribution in [0, 0.1) is 11.8 Å². The molecule has 2 aliphatic carbocycles. The van der Waals surface area contributed by atoms with Crippen LogP contribution in [0.5, 0.6) is 0 Å². The Bertz CT molecular complexity index is 1280. The molecule has 1 N–H and O–H groups in total. The Morgan fingerprint density at radius 2 is 1.15 bits per heavy atom. The Morgan fingerprint density at radius 1 is 0.659 bits per heavy atom. The lowest BCUT2D eigenvalue weighted by Crippen LogP contribution is -2.32. The highest BCUT2D eigenvalue weighted by Gasteiger charge is 2.30. The third-order valence-electron chi connectivity index (χ3n) is 9.22. The van der Waals surface area contributed by atoms with E-state index in [2.05, 4.69) is 23.5 Å². The number of hydrogen-bond acceptors (Lipinski definition) is 4. The monoisotopic (exact) mass is 554 g/mol. The van der Waals surface area contributed by atoms with E-state index >= 15 is 0 Å². The first-order valence-electron chi connectivity index (χ1n) is 15.9. The molecule has 6 nitrogen and oxygen atoms in total. The summed E-state index contributed by atoms with van der Waals surface area (Å²) < 4.78 is 0. The van der Waals surface area contributed by atoms with Gasteiger partial charge in [0.1, 0.15) is 12.1 Å². The van der Waals surface area contributed by atoms with E-state index in [1.54, 1.807) is 4.90 Å². The van der Waals surface area contributed by atoms with Gasteiger partial charge in [-0.1, -0.05) is 87.8 Å². The number of anilines is 2. The highest BCUT2D eigenvalue weighted by Crippen LogP contribution is 2.33. The fraction of sp³-hybridized carbons (Fsp3) is 0.543. The molecular weight excluding hydrogens is 508 g/mol. The minimum Gasteiger partial charge on any atom is -0.324 e. The number of nitrogens with zero attached hydrogens (tertiary/aromatic N) is 3. The summed E-state index contributed by atoms with van der Waals surface area (Å²) in [5.74, 6) is 1.11. The van der Waals surface area contributed by atoms with E-state index < -0.39 is 0 Å². The fourth-order valence-electron chi connectivity index (χ4n) is 6.86. The maximum absolute atomic E-state index is 12.4. The molecule has 41 heavy (non-hydrogen) atoms. The van der Waals surface area contributed by atoms with Gasteiger partial charge in [0.05, 0.1) is 5.69 Å². The highest BCUT2D eigenvalue weighted by molar-refractivity contribution is 6.14. The summed E-state index contributed by atoms with van der Waals surface area (Å²) in [6.45, 7) is 3.80. The van der Waals surface area contributed by atoms with Crippen LogP contribution in [0.25, 0.3) is 0 Å². The second kappa shape index (κ2) is 13.6. The number of fused-ring (bicyclic) bond motifs is 2. The van der Waals surface area contributed by atoms with Crippen LogP contribution in [-0.4, -0.2) is 42.4 Å². The number of para-hydroxylation sites is 2. The third kappa shape index (κ3) is 6.79. The molecule has 2 atom stereocenters. The molecule has 6 heteroatoms. The minimum absolute atomic E-state index is 0.000993. The molecule has 0 aromatic heterocycles. The minimum atomic E-state index is -0.291. The van der Waals surface area contributed by atoms with Crippen molar-refractivity contribution in [1.82, 2.24) is 0 Å². The number of carbonyl (C=O) groups is 2. The lowest BCUT2D eigenvalue weighted by molar-refractivity contribution is -0.119. The van der Waals surface area contributed by atoms with E-state index in [-0.39, 0.29) is 23.9 Å². The van der Waals surface area contributed by atoms with Crippen LogP contribution >= 0.6 is 0 Å². The average molecular weight is 555 g/mol. The lowest BCUT2D eigenvalue weighted by Gasteiger charge is -2.21. The van der Waals surface area contributed by atoms with E-state index in [9.17, 15) is 9.59 Å². The molecule has 0 saturated heterocycles. The van der Waals surface area contributed by atoms with Crippen LogP contribution in [0.4, 0.5) is 11.4 Å². The number of benzodiazepines with no additional fused rings is 2. The Morgan fingerprint density at radius 3 is 1.76 bits per heavy atom. The van der Waals surface area contributed by atoms with Gasteiger partial charge in [0.25, 0.3) is 5.91 Å². The van der Waals surface area contributed by atoms with Crippen LogP contribution in [-0.2, 0) is 9.59 Å². The van der Waals surface area contributed by atoms with Crippen molar-refractivity contribution in [1.29, 1.82) is 0 Å². The largest absolute Gasteiger partial charge is 0.324 e. The standard InChI is InChI=1S/C18H24N2O.C17H22N2O/c1-13-18(21)20(2)16-12-8-7-11-15(16)17(19-13)14-9-5-3-4-6-10-14;1-12-17(20)19-15-11-7-6-10-14(15)16(18-12)13-8-4-2-3-5-9-13/h7-8,11-14H,3-6,9-10H2,1-2H3;6-7,10-13H,2-5,8-9H2,1H3,(H,19,20). The molecule has 0 bridgehead atoms. The van der Waals surface area contributed by atoms with E-state index in [4.69, 9.17) is 9.98 Å². The molecule has 2 heterocycles. The van der Waals surface area contributed by atoms with Crippen LogP contribution in [0.2, 0.25) is 0 Å². The molecule has 0 radical (unpaired) electrons. The number of rotatable bonds is 2. The van der Waals surface area contributed by atoms with Crippen molar-refractivity contribution in [2.75, 3.05) is 17.3 Å². The predicted octanol–water partition coefficient (Wildman–Crippen LogP) is 7.60. The van der Waals surface area contributed by atoms with Gasteiger partial charge in [-0.25, -0.2) is 0 Å². The summed E-state index contributed by atoms with van der Waals surface area (Å²) in [6.07, 6.45) is 15.3. The molecule has 2 fully saturated rings. The van der Waals surface area contributed by atoms with Crippen molar-refractivity contribution < 1.29 is 9.59 Å². The van der Waals surface area contributed by atoms with Gasteiger partial charge in [0.2, 0.25) is 5.91 Å². The molecule has 2 amide bonds. The van der Waals surface area contributed by atoms with Gasteiger partial charge in [-0.15, -0.1) is 0 Å². The number of nitrogens with one attached hydrogen (secondary N) is 1. The second-order valence-electron chi connectivity index (χ2n) is 12.2. The first-order chi connectivity index (χ1) is 19.9. The molecule has 2 aromatic carbocycles. The number of amides is 2. The molecule has 6 rings (SSSR count). The van der Waals surface area contributed by atoms with Crippen LogP contribution < -0.4 is 10.2 Å². The summed E-state index contributed by atoms with van der Waals surface area (Å²) in [7, 11) is 1.86. The van der Waals surface area contributed by atoms with Gasteiger partial charge in [-0.3, -0.25) is 19.6 Å². The third-order valence-corrected chi connectivity index (χ3v) is 9.22. The molecule has 2 aromatic rings. The van der Waals surface area contributed by atoms with E-state index in [0.717, 1.165) is 33.9 Å². The smallest absolute Gasteiger partial charge is 0.251 e. The zero-order valence-electron chi connectivity index (χ0n) is 25.1. The number of likely N-dealkylation sites (N-methyl/N-ethyl adjacent to an activating group) is 1. The van der Waals surface area contributed by atoms with E-state index in [1.807, 2.05) is 51.2 Å². The number of hydrogen-bond donors (Lipinski definition) is 1. The first-order valence-corrected chi connectivity index (χ1v) is 15.9. The van der Waals surface area contributed by atoms with Gasteiger partial charge < -0.3 is 10.2 Å². The van der Waals surface area contributed by atoms with Crippen LogP contribution in [0.3, 0.4) is 0 Å². The highest BCUT2D eigenvalue weighted by atomic mass is 16.2. The van der Waals surface area contributed by atoms with Crippen molar-refractivity contribution >= 4 is 34.6 Å². The van der Waals surface area contributed by atoms with Crippen molar-refractivity contribution in [3.63, 3.8) is 0 Å². The van der Waals surface area contributed by atoms with Crippen LogP contribution in [0.1, 0.15) is 102 Å². The normalized spacial score (nSPS) is 24.1. The number of carbonyl (C=O) groups excluding carboxylic acids is 2. The van der Waals surface area contributed by atoms with Gasteiger partial charge in [-0.05, 0) is 51.7 Å². The Kier molecular flexibility index (Phi) is 9.68. The van der Waals surface area contributed by atoms with Crippen molar-refractivity contribution in [2.45, 2.75) is 103 Å². The number of aliphatic imine (C=N–C) groups is 2. The van der Waals surface area contributed by atoms with Gasteiger partial charge >= 0.3 is 0 Å². The zero-order valence-corrected chi connectivity index (χ0v) is 25.1. The SMILES string of the molecule is CC1N=C(C2CCCCCC2)c2ccccc2N(C)C1=O.CC1N=C(C2CCCCCC2)c2ccccc2NC1=O. The Hall–Kier alpha value is -3.28. The lowest BCUT2D eigenvalue weighted by atomic mass is 9.89. The maximum atomic E-state index is 12.4. The quantitative estimate of drug-likeness (QED) is 0.388. The van der Waals surface area contributed by atoms with Crippen molar-refractivity contribution in [3.05, 3.63) is 59.7 Å². The molecule has 218 valence electrons. The average Bonchev–Trinajstić information content (AvgIpc) is 3.50. The summed E-state index contributed by atoms with van der Waals surface area (Å²) in [6, 6.07) is 15.7. The van der Waals surface area contributed by atoms with E-state index in [0.29, 0.717) is 11.8 Å². The van der Waals surface area contributed by atoms with Gasteiger partial charge in [0, 0.05) is 47.1 Å². The van der Waals surface area contributed by atoms with Gasteiger partial charge in [-0.2, -0.15) is 0 Å². The van der Waals surface area contributed by atoms with Crippen LogP contribution in [0.15, 0.2) is 58.5 Å². The number of benzene rings is 2. The zero-order chi connectivity index (χ0) is 28.8. The molecule has 2 aliphatic heterocycles. The van der Waals surface area contributed by atoms with Crippen molar-refractivity contribution in [2.24, 2.45) is 21.8 Å². The first kappa shape index (κ1) is 29.2. The Labute approximate surface area is 245 Å². The summed E-state index contributed by atoms with van der Waals surface area (Å²) >= 11 is 0. The molecule has 2 unspecified atom stereocenters. The Balaban J connectivity index is 0.000000165. The summed E-state index contributed by atoms with van der Waals surface area (Å²) in [5, 5.41) is 3.00. The van der Waals surface area contributed by atoms with E-state index in [1.165, 1.54) is 77.0 Å².